The van der Waals surface area contributed by atoms with Crippen molar-refractivity contribution in [3.8, 4) is 0 Å². The Labute approximate surface area is 113 Å². The van der Waals surface area contributed by atoms with Crippen molar-refractivity contribution in [3.63, 3.8) is 0 Å². The number of aromatic amines is 2. The number of hydrogen-bond donors (Lipinski definition) is 3. The van der Waals surface area contributed by atoms with E-state index in [9.17, 15) is 9.59 Å². The van der Waals surface area contributed by atoms with Crippen LogP contribution in [0.3, 0.4) is 0 Å². The van der Waals surface area contributed by atoms with Crippen LogP contribution in [0.4, 0.5) is 5.69 Å². The van der Waals surface area contributed by atoms with Crippen molar-refractivity contribution in [1.82, 2.24) is 10.2 Å². The second-order valence-electron chi connectivity index (χ2n) is 2.68. The molecule has 0 atom stereocenters. The third-order valence-corrected chi connectivity index (χ3v) is 1.86. The summed E-state index contributed by atoms with van der Waals surface area (Å²) in [5.41, 5.74) is 5.14. The molecule has 0 amide bonds. The number of nitrogens with one attached hydrogen (secondary N) is 2. The topological polar surface area (TPSA) is 155 Å². The summed E-state index contributed by atoms with van der Waals surface area (Å²) in [5, 5.41) is 4.98. The Morgan fingerprint density at radius 1 is 1.06 bits per heavy atom. The number of nitrogens with two attached hydrogens (primary N) is 1. The van der Waals surface area contributed by atoms with Crippen molar-refractivity contribution in [1.29, 1.82) is 0 Å². The van der Waals surface area contributed by atoms with E-state index in [1.54, 1.807) is 18.2 Å². The van der Waals surface area contributed by atoms with Crippen LogP contribution < -0.4 is 46.4 Å². The number of fused-ring (bicyclic) bond motifs is 1. The maximum atomic E-state index is 11.2. The number of rotatable bonds is 0. The number of H-pyrrole nitrogens is 2. The van der Waals surface area contributed by atoms with Crippen LogP contribution in [0.1, 0.15) is 1.43 Å². The molecule has 0 aliphatic carbocycles. The molecule has 0 bridgehead atoms. The summed E-state index contributed by atoms with van der Waals surface area (Å²) in [6.45, 7) is 0. The van der Waals surface area contributed by atoms with Gasteiger partial charge in [0.25, 0.3) is 11.1 Å². The first-order valence-corrected chi connectivity index (χ1v) is 3.69. The molecule has 16 heavy (non-hydrogen) atoms. The van der Waals surface area contributed by atoms with E-state index in [4.69, 9.17) is 5.73 Å². The minimum Gasteiger partial charge on any atom is -1.00 e. The SMILES string of the molecule is Nc1cccc2c(=O)[nH][nH]c(=O)c12.O.O.[H-].[Na+]. The van der Waals surface area contributed by atoms with Gasteiger partial charge in [0.2, 0.25) is 0 Å². The molecule has 0 fully saturated rings. The standard InChI is InChI=1S/C8H7N3O2.Na.2H2O.H/c9-5-3-1-2-4-6(5)8(13)11-10-7(4)12;;;;/h1-3H,9H2,(H,10,12)(H,11,13);;2*1H2;/q;+1;;;-1. The Balaban J connectivity index is -0.000000490. The zero-order valence-corrected chi connectivity index (χ0v) is 10.6. The quantitative estimate of drug-likeness (QED) is 0.311. The van der Waals surface area contributed by atoms with Crippen LogP contribution in [-0.4, -0.2) is 21.1 Å². The maximum Gasteiger partial charge on any atom is 1.00 e. The first kappa shape index (κ1) is 17.3. The first-order chi connectivity index (χ1) is 6.20. The molecule has 0 spiro atoms. The van der Waals surface area contributed by atoms with Gasteiger partial charge in [0, 0.05) is 5.69 Å². The molecule has 0 saturated carbocycles. The monoisotopic (exact) mass is 237 g/mol. The third kappa shape index (κ3) is 2.71. The van der Waals surface area contributed by atoms with Gasteiger partial charge in [-0.2, -0.15) is 0 Å². The molecule has 0 radical (unpaired) electrons. The van der Waals surface area contributed by atoms with Crippen molar-refractivity contribution in [3.05, 3.63) is 38.9 Å². The summed E-state index contributed by atoms with van der Waals surface area (Å²) in [5.74, 6) is 0. The molecule has 0 aliphatic heterocycles. The van der Waals surface area contributed by atoms with E-state index in [1.807, 2.05) is 0 Å². The second-order valence-corrected chi connectivity index (χ2v) is 2.68. The molecule has 8 heteroatoms. The number of anilines is 1. The molecule has 1 aromatic carbocycles. The minimum absolute atomic E-state index is 0. The molecule has 2 rings (SSSR count). The van der Waals surface area contributed by atoms with Crippen molar-refractivity contribution < 1.29 is 41.9 Å². The Morgan fingerprint density at radius 2 is 1.62 bits per heavy atom. The molecular weight excluding hydrogens is 225 g/mol. The van der Waals surface area contributed by atoms with Gasteiger partial charge < -0.3 is 18.1 Å². The van der Waals surface area contributed by atoms with Gasteiger partial charge >= 0.3 is 29.6 Å². The van der Waals surface area contributed by atoms with Crippen LogP contribution >= 0.6 is 0 Å². The van der Waals surface area contributed by atoms with Crippen LogP contribution in [0.2, 0.25) is 0 Å². The minimum atomic E-state index is -0.382. The van der Waals surface area contributed by atoms with E-state index >= 15 is 0 Å². The molecule has 1 heterocycles. The molecule has 0 saturated heterocycles. The number of benzene rings is 1. The van der Waals surface area contributed by atoms with E-state index in [-0.39, 0.29) is 58.4 Å². The zero-order valence-electron chi connectivity index (χ0n) is 9.63. The number of nitrogen functional groups attached to an aromatic ring is 1. The molecule has 7 nitrogen and oxygen atoms in total. The van der Waals surface area contributed by atoms with E-state index < -0.39 is 0 Å². The Hall–Kier alpha value is -1.12. The largest absolute Gasteiger partial charge is 1.00 e. The van der Waals surface area contributed by atoms with Crippen molar-refractivity contribution in [2.45, 2.75) is 0 Å². The molecule has 84 valence electrons. The van der Waals surface area contributed by atoms with Gasteiger partial charge in [-0.3, -0.25) is 19.8 Å². The van der Waals surface area contributed by atoms with Crippen LogP contribution in [0, 0.1) is 0 Å². The van der Waals surface area contributed by atoms with Crippen LogP contribution in [0.25, 0.3) is 10.8 Å². The summed E-state index contributed by atoms with van der Waals surface area (Å²) >= 11 is 0. The zero-order chi connectivity index (χ0) is 9.42. The normalized spacial score (nSPS) is 8.50. The van der Waals surface area contributed by atoms with Crippen LogP contribution in [0.15, 0.2) is 27.8 Å². The van der Waals surface area contributed by atoms with Gasteiger partial charge in [-0.15, -0.1) is 0 Å². The van der Waals surface area contributed by atoms with Gasteiger partial charge in [-0.05, 0) is 12.1 Å². The van der Waals surface area contributed by atoms with Crippen molar-refractivity contribution in [2.75, 3.05) is 5.73 Å². The summed E-state index contributed by atoms with van der Waals surface area (Å²) in [6.07, 6.45) is 0. The number of aromatic nitrogens is 2. The fraction of sp³-hybridized carbons (Fsp3) is 0. The van der Waals surface area contributed by atoms with Gasteiger partial charge in [-0.25, -0.2) is 0 Å². The molecule has 8 N–H and O–H groups in total. The van der Waals surface area contributed by atoms with Crippen LogP contribution in [0.5, 0.6) is 0 Å². The first-order valence-electron chi connectivity index (χ1n) is 3.69. The van der Waals surface area contributed by atoms with Gasteiger partial charge in [-0.1, -0.05) is 6.07 Å². The summed E-state index contributed by atoms with van der Waals surface area (Å²) in [4.78, 5) is 22.4. The predicted octanol–water partition coefficient (Wildman–Crippen LogP) is -4.73. The average molecular weight is 237 g/mol. The fourth-order valence-corrected chi connectivity index (χ4v) is 1.26. The third-order valence-electron chi connectivity index (χ3n) is 1.86. The van der Waals surface area contributed by atoms with Gasteiger partial charge in [0.05, 0.1) is 10.8 Å². The summed E-state index contributed by atoms with van der Waals surface area (Å²) in [6, 6.07) is 4.77. The van der Waals surface area contributed by atoms with Gasteiger partial charge in [0.15, 0.2) is 0 Å². The Kier molecular flexibility index (Phi) is 6.98. The fourth-order valence-electron chi connectivity index (χ4n) is 1.26. The molecule has 0 unspecified atom stereocenters. The Bertz CT molecular complexity index is 583. The second kappa shape index (κ2) is 6.46. The van der Waals surface area contributed by atoms with E-state index in [0.29, 0.717) is 11.1 Å². The van der Waals surface area contributed by atoms with Gasteiger partial charge in [0.1, 0.15) is 0 Å². The molecular formula is C8H12N3NaO4. The summed E-state index contributed by atoms with van der Waals surface area (Å²) in [7, 11) is 0. The van der Waals surface area contributed by atoms with Crippen molar-refractivity contribution in [2.24, 2.45) is 0 Å². The number of hydrogen-bond acceptors (Lipinski definition) is 3. The van der Waals surface area contributed by atoms with Crippen molar-refractivity contribution >= 4 is 16.5 Å². The van der Waals surface area contributed by atoms with Crippen LogP contribution in [-0.2, 0) is 0 Å². The summed E-state index contributed by atoms with van der Waals surface area (Å²) < 4.78 is 0. The van der Waals surface area contributed by atoms with E-state index in [1.165, 1.54) is 0 Å². The average Bonchev–Trinajstić information content (AvgIpc) is 2.12. The molecule has 1 aromatic heterocycles. The molecule has 2 aromatic rings. The van der Waals surface area contributed by atoms with E-state index in [2.05, 4.69) is 10.2 Å². The smallest absolute Gasteiger partial charge is 1.00 e. The molecule has 0 aliphatic rings. The predicted molar refractivity (Wildman–Crippen MR) is 57.9 cm³/mol. The maximum absolute atomic E-state index is 11.2. The Morgan fingerprint density at radius 3 is 2.19 bits per heavy atom. The van der Waals surface area contributed by atoms with E-state index in [0.717, 1.165) is 0 Å².